The van der Waals surface area contributed by atoms with Crippen LogP contribution in [0.25, 0.3) is 10.8 Å². The van der Waals surface area contributed by atoms with Gasteiger partial charge in [0.2, 0.25) is 0 Å². The molecule has 0 heterocycles. The predicted molar refractivity (Wildman–Crippen MR) is 100 cm³/mol. The minimum absolute atomic E-state index is 0.864. The quantitative estimate of drug-likeness (QED) is 0.618. The molecule has 0 saturated carbocycles. The third-order valence-electron chi connectivity index (χ3n) is 4.09. The third kappa shape index (κ3) is 2.98. The summed E-state index contributed by atoms with van der Waals surface area (Å²) in [6.45, 7) is 2.10. The first kappa shape index (κ1) is 15.7. The molecule has 0 N–H and O–H groups in total. The standard InChI is InChI=1S/C23H18O/c1-4-18-12-10-17(16-19(18)5-2)11-13-20-14-15-23(24-3)22-9-7-6-8-21(20)22/h1,6-10,12,14-16H,5H2,2-3H3. The fourth-order valence-corrected chi connectivity index (χ4v) is 2.80. The highest BCUT2D eigenvalue weighted by molar-refractivity contribution is 5.93. The van der Waals surface area contributed by atoms with Gasteiger partial charge in [-0.25, -0.2) is 0 Å². The van der Waals surface area contributed by atoms with Crippen LogP contribution < -0.4 is 4.74 Å². The number of aryl methyl sites for hydroxylation is 1. The molecule has 3 rings (SSSR count). The van der Waals surface area contributed by atoms with Gasteiger partial charge in [0, 0.05) is 27.5 Å². The number of hydrogen-bond acceptors (Lipinski definition) is 1. The first-order chi connectivity index (χ1) is 11.8. The summed E-state index contributed by atoms with van der Waals surface area (Å²) >= 11 is 0. The van der Waals surface area contributed by atoms with Crippen molar-refractivity contribution in [3.63, 3.8) is 0 Å². The second-order valence-corrected chi connectivity index (χ2v) is 5.48. The van der Waals surface area contributed by atoms with Gasteiger partial charge in [-0.05, 0) is 42.3 Å². The van der Waals surface area contributed by atoms with E-state index in [-0.39, 0.29) is 0 Å². The lowest BCUT2D eigenvalue weighted by Crippen LogP contribution is -1.89. The van der Waals surface area contributed by atoms with E-state index < -0.39 is 0 Å². The third-order valence-corrected chi connectivity index (χ3v) is 4.09. The van der Waals surface area contributed by atoms with Crippen LogP contribution in [-0.4, -0.2) is 7.11 Å². The van der Waals surface area contributed by atoms with Crippen molar-refractivity contribution in [2.24, 2.45) is 0 Å². The maximum atomic E-state index is 5.53. The molecule has 1 nitrogen and oxygen atoms in total. The lowest BCUT2D eigenvalue weighted by atomic mass is 10.0. The molecule has 0 unspecified atom stereocenters. The maximum Gasteiger partial charge on any atom is 0.126 e. The van der Waals surface area contributed by atoms with Gasteiger partial charge in [-0.15, -0.1) is 6.42 Å². The van der Waals surface area contributed by atoms with Gasteiger partial charge in [0.05, 0.1) is 7.11 Å². The molecule has 0 spiro atoms. The Balaban J connectivity index is 2.06. The highest BCUT2D eigenvalue weighted by atomic mass is 16.5. The van der Waals surface area contributed by atoms with Gasteiger partial charge in [-0.3, -0.25) is 0 Å². The lowest BCUT2D eigenvalue weighted by molar-refractivity contribution is 0.420. The molecule has 0 fully saturated rings. The molecular weight excluding hydrogens is 292 g/mol. The van der Waals surface area contributed by atoms with E-state index in [0.717, 1.165) is 45.2 Å². The van der Waals surface area contributed by atoms with Gasteiger partial charge in [0.25, 0.3) is 0 Å². The van der Waals surface area contributed by atoms with Crippen LogP contribution in [0.1, 0.15) is 29.2 Å². The molecule has 116 valence electrons. The van der Waals surface area contributed by atoms with Gasteiger partial charge in [-0.2, -0.15) is 0 Å². The Bertz CT molecular complexity index is 994. The van der Waals surface area contributed by atoms with Crippen molar-refractivity contribution in [3.05, 3.63) is 76.9 Å². The summed E-state index contributed by atoms with van der Waals surface area (Å²) in [6, 6.07) is 18.1. The van der Waals surface area contributed by atoms with Crippen molar-refractivity contribution in [2.75, 3.05) is 7.11 Å². The van der Waals surface area contributed by atoms with Crippen LogP contribution in [-0.2, 0) is 6.42 Å². The van der Waals surface area contributed by atoms with Crippen molar-refractivity contribution < 1.29 is 4.74 Å². The fraction of sp³-hybridized carbons (Fsp3) is 0.130. The van der Waals surface area contributed by atoms with Gasteiger partial charge >= 0.3 is 0 Å². The smallest absolute Gasteiger partial charge is 0.126 e. The van der Waals surface area contributed by atoms with Crippen LogP contribution >= 0.6 is 0 Å². The largest absolute Gasteiger partial charge is 0.496 e. The van der Waals surface area contributed by atoms with Crippen LogP contribution in [0.5, 0.6) is 5.75 Å². The molecule has 3 aromatic carbocycles. The SMILES string of the molecule is C#Cc1ccc(C#Cc2ccc(OC)c3ccccc23)cc1CC. The van der Waals surface area contributed by atoms with Gasteiger partial charge < -0.3 is 4.74 Å². The molecular formula is C23H18O. The topological polar surface area (TPSA) is 9.23 Å². The zero-order chi connectivity index (χ0) is 16.9. The Morgan fingerprint density at radius 1 is 0.917 bits per heavy atom. The predicted octanol–water partition coefficient (Wildman–Crippen LogP) is 4.79. The lowest BCUT2D eigenvalue weighted by Gasteiger charge is -2.06. The summed E-state index contributed by atoms with van der Waals surface area (Å²) in [5, 5.41) is 2.17. The molecule has 1 heteroatoms. The molecule has 0 aromatic heterocycles. The second-order valence-electron chi connectivity index (χ2n) is 5.48. The summed E-state index contributed by atoms with van der Waals surface area (Å²) < 4.78 is 5.43. The van der Waals surface area contributed by atoms with E-state index in [1.807, 2.05) is 36.4 Å². The number of benzene rings is 3. The number of terminal acetylenes is 1. The average molecular weight is 310 g/mol. The minimum Gasteiger partial charge on any atom is -0.496 e. The average Bonchev–Trinajstić information content (AvgIpc) is 2.65. The first-order valence-electron chi connectivity index (χ1n) is 7.94. The Hall–Kier alpha value is -3.16. The number of methoxy groups -OCH3 is 1. The molecule has 0 aliphatic carbocycles. The van der Waals surface area contributed by atoms with Crippen LogP contribution in [0.15, 0.2) is 54.6 Å². The Morgan fingerprint density at radius 3 is 2.38 bits per heavy atom. The van der Waals surface area contributed by atoms with Crippen molar-refractivity contribution in [1.82, 2.24) is 0 Å². The van der Waals surface area contributed by atoms with Crippen LogP contribution in [0.4, 0.5) is 0 Å². The number of rotatable bonds is 2. The Kier molecular flexibility index (Phi) is 4.55. The Labute approximate surface area is 143 Å². The van der Waals surface area contributed by atoms with Gasteiger partial charge in [0.1, 0.15) is 5.75 Å². The van der Waals surface area contributed by atoms with E-state index in [2.05, 4.69) is 42.9 Å². The molecule has 0 amide bonds. The van der Waals surface area contributed by atoms with E-state index >= 15 is 0 Å². The van der Waals surface area contributed by atoms with Crippen LogP contribution in [0.3, 0.4) is 0 Å². The summed E-state index contributed by atoms with van der Waals surface area (Å²) in [7, 11) is 1.69. The summed E-state index contributed by atoms with van der Waals surface area (Å²) in [4.78, 5) is 0. The molecule has 0 atom stereocenters. The van der Waals surface area contributed by atoms with Crippen molar-refractivity contribution in [2.45, 2.75) is 13.3 Å². The van der Waals surface area contributed by atoms with E-state index in [4.69, 9.17) is 11.2 Å². The molecule has 0 bridgehead atoms. The zero-order valence-corrected chi connectivity index (χ0v) is 13.9. The molecule has 0 radical (unpaired) electrons. The van der Waals surface area contributed by atoms with E-state index in [0.29, 0.717) is 0 Å². The number of hydrogen-bond donors (Lipinski definition) is 0. The molecule has 3 aromatic rings. The molecule has 0 saturated heterocycles. The van der Waals surface area contributed by atoms with Crippen molar-refractivity contribution >= 4 is 10.8 Å². The number of fused-ring (bicyclic) bond motifs is 1. The molecule has 0 aliphatic rings. The first-order valence-corrected chi connectivity index (χ1v) is 7.94. The van der Waals surface area contributed by atoms with E-state index in [9.17, 15) is 0 Å². The van der Waals surface area contributed by atoms with Crippen LogP contribution in [0, 0.1) is 24.2 Å². The summed E-state index contributed by atoms with van der Waals surface area (Å²) in [5.74, 6) is 10.1. The molecule has 24 heavy (non-hydrogen) atoms. The highest BCUT2D eigenvalue weighted by Gasteiger charge is 2.04. The molecule has 0 aliphatic heterocycles. The second kappa shape index (κ2) is 6.95. The van der Waals surface area contributed by atoms with E-state index in [1.54, 1.807) is 7.11 Å². The van der Waals surface area contributed by atoms with Crippen molar-refractivity contribution in [3.8, 4) is 29.9 Å². The monoisotopic (exact) mass is 310 g/mol. The van der Waals surface area contributed by atoms with Gasteiger partial charge in [0.15, 0.2) is 0 Å². The summed E-state index contributed by atoms with van der Waals surface area (Å²) in [6.07, 6.45) is 6.44. The van der Waals surface area contributed by atoms with Crippen LogP contribution in [0.2, 0.25) is 0 Å². The van der Waals surface area contributed by atoms with E-state index in [1.165, 1.54) is 0 Å². The highest BCUT2D eigenvalue weighted by Crippen LogP contribution is 2.27. The number of ether oxygens (including phenoxy) is 1. The van der Waals surface area contributed by atoms with Crippen molar-refractivity contribution in [1.29, 1.82) is 0 Å². The normalized spacial score (nSPS) is 9.88. The zero-order valence-electron chi connectivity index (χ0n) is 13.9. The maximum absolute atomic E-state index is 5.53. The Morgan fingerprint density at radius 2 is 1.67 bits per heavy atom. The minimum atomic E-state index is 0.864. The fourth-order valence-electron chi connectivity index (χ4n) is 2.80. The van der Waals surface area contributed by atoms with Gasteiger partial charge in [-0.1, -0.05) is 49.0 Å². The summed E-state index contributed by atoms with van der Waals surface area (Å²) in [5.41, 5.74) is 4.07.